The summed E-state index contributed by atoms with van der Waals surface area (Å²) in [5, 5.41) is 4.25. The molecule has 0 aliphatic heterocycles. The Morgan fingerprint density at radius 1 is 1.24 bits per heavy atom. The van der Waals surface area contributed by atoms with Crippen LogP contribution < -0.4 is 5.32 Å². The molecule has 2 N–H and O–H groups in total. The average Bonchev–Trinajstić information content (AvgIpc) is 2.82. The van der Waals surface area contributed by atoms with E-state index in [1.165, 1.54) is 0 Å². The minimum absolute atomic E-state index is 0.163. The number of aromatic amines is 1. The van der Waals surface area contributed by atoms with Gasteiger partial charge in [0.25, 0.3) is 0 Å². The molecule has 0 spiro atoms. The summed E-state index contributed by atoms with van der Waals surface area (Å²) in [6, 6.07) is 8.23. The van der Waals surface area contributed by atoms with Crippen LogP contribution in [0.1, 0.15) is 37.3 Å². The van der Waals surface area contributed by atoms with Crippen LogP contribution in [0.15, 0.2) is 36.7 Å². The van der Waals surface area contributed by atoms with E-state index in [-0.39, 0.29) is 12.1 Å². The maximum atomic E-state index is 6.16. The third-order valence-corrected chi connectivity index (χ3v) is 3.15. The SMILES string of the molecule is CC(NC(C)c1ccccc1Cl)c1ncc[nH]1. The summed E-state index contributed by atoms with van der Waals surface area (Å²) >= 11 is 6.16. The maximum Gasteiger partial charge on any atom is 0.122 e. The van der Waals surface area contributed by atoms with Crippen molar-refractivity contribution < 1.29 is 0 Å². The molecule has 1 heterocycles. The van der Waals surface area contributed by atoms with Gasteiger partial charge < -0.3 is 10.3 Å². The quantitative estimate of drug-likeness (QED) is 0.871. The van der Waals surface area contributed by atoms with Crippen LogP contribution in [-0.4, -0.2) is 9.97 Å². The van der Waals surface area contributed by atoms with Crippen molar-refractivity contribution in [2.75, 3.05) is 0 Å². The van der Waals surface area contributed by atoms with Gasteiger partial charge in [-0.15, -0.1) is 0 Å². The molecule has 2 unspecified atom stereocenters. The third-order valence-electron chi connectivity index (χ3n) is 2.80. The summed E-state index contributed by atoms with van der Waals surface area (Å²) in [6.45, 7) is 4.17. The molecule has 2 atom stereocenters. The Kier molecular flexibility index (Phi) is 3.82. The van der Waals surface area contributed by atoms with E-state index in [4.69, 9.17) is 11.6 Å². The number of nitrogens with zero attached hydrogens (tertiary/aromatic N) is 1. The van der Waals surface area contributed by atoms with E-state index in [9.17, 15) is 0 Å². The Balaban J connectivity index is 2.07. The molecule has 2 rings (SSSR count). The lowest BCUT2D eigenvalue weighted by Crippen LogP contribution is -2.23. The monoisotopic (exact) mass is 249 g/mol. The Labute approximate surface area is 106 Å². The molecule has 17 heavy (non-hydrogen) atoms. The Morgan fingerprint density at radius 2 is 2.00 bits per heavy atom. The van der Waals surface area contributed by atoms with Crippen LogP contribution in [0.4, 0.5) is 0 Å². The molecular weight excluding hydrogens is 234 g/mol. The number of aromatic nitrogens is 2. The minimum Gasteiger partial charge on any atom is -0.347 e. The highest BCUT2D eigenvalue weighted by Gasteiger charge is 2.14. The third kappa shape index (κ3) is 2.87. The molecule has 3 nitrogen and oxygen atoms in total. The largest absolute Gasteiger partial charge is 0.347 e. The fraction of sp³-hybridized carbons (Fsp3) is 0.308. The van der Waals surface area contributed by atoms with Crippen molar-refractivity contribution in [1.29, 1.82) is 0 Å². The lowest BCUT2D eigenvalue weighted by Gasteiger charge is -2.19. The van der Waals surface area contributed by atoms with Crippen LogP contribution in [0.5, 0.6) is 0 Å². The predicted molar refractivity (Wildman–Crippen MR) is 70.0 cm³/mol. The molecule has 0 aliphatic rings. The molecule has 1 aromatic heterocycles. The average molecular weight is 250 g/mol. The summed E-state index contributed by atoms with van der Waals surface area (Å²) in [6.07, 6.45) is 3.58. The van der Waals surface area contributed by atoms with Crippen molar-refractivity contribution in [3.63, 3.8) is 0 Å². The molecule has 90 valence electrons. The zero-order valence-electron chi connectivity index (χ0n) is 9.94. The second kappa shape index (κ2) is 5.34. The first kappa shape index (κ1) is 12.1. The van der Waals surface area contributed by atoms with Crippen molar-refractivity contribution in [1.82, 2.24) is 15.3 Å². The molecule has 0 bridgehead atoms. The number of rotatable bonds is 4. The molecule has 0 saturated carbocycles. The predicted octanol–water partition coefficient (Wildman–Crippen LogP) is 3.47. The molecule has 0 radical (unpaired) electrons. The van der Waals surface area contributed by atoms with Gasteiger partial charge in [-0.3, -0.25) is 0 Å². The zero-order valence-corrected chi connectivity index (χ0v) is 10.7. The standard InChI is InChI=1S/C13H16ClN3/c1-9(11-5-3-4-6-12(11)14)17-10(2)13-15-7-8-16-13/h3-10,17H,1-2H3,(H,15,16). The van der Waals surface area contributed by atoms with Gasteiger partial charge in [0, 0.05) is 23.5 Å². The molecule has 0 fully saturated rings. The first-order valence-corrected chi connectivity index (χ1v) is 6.06. The molecule has 4 heteroatoms. The van der Waals surface area contributed by atoms with Crippen LogP contribution in [0.3, 0.4) is 0 Å². The number of hydrogen-bond acceptors (Lipinski definition) is 2. The maximum absolute atomic E-state index is 6.16. The van der Waals surface area contributed by atoms with Gasteiger partial charge in [0.1, 0.15) is 5.82 Å². The van der Waals surface area contributed by atoms with E-state index >= 15 is 0 Å². The molecule has 1 aromatic carbocycles. The van der Waals surface area contributed by atoms with Crippen molar-refractivity contribution in [3.05, 3.63) is 53.1 Å². The molecule has 0 aliphatic carbocycles. The van der Waals surface area contributed by atoms with Gasteiger partial charge in [0.05, 0.1) is 6.04 Å². The van der Waals surface area contributed by atoms with Crippen molar-refractivity contribution >= 4 is 11.6 Å². The topological polar surface area (TPSA) is 40.7 Å². The van der Waals surface area contributed by atoms with E-state index in [0.29, 0.717) is 0 Å². The summed E-state index contributed by atoms with van der Waals surface area (Å²) < 4.78 is 0. The molecule has 2 aromatic rings. The van der Waals surface area contributed by atoms with Gasteiger partial charge >= 0.3 is 0 Å². The highest BCUT2D eigenvalue weighted by atomic mass is 35.5. The van der Waals surface area contributed by atoms with Crippen LogP contribution in [-0.2, 0) is 0 Å². The van der Waals surface area contributed by atoms with E-state index in [1.54, 1.807) is 6.20 Å². The molecule has 0 saturated heterocycles. The van der Waals surface area contributed by atoms with E-state index in [2.05, 4.69) is 29.1 Å². The summed E-state index contributed by atoms with van der Waals surface area (Å²) in [7, 11) is 0. The van der Waals surface area contributed by atoms with E-state index < -0.39 is 0 Å². The molecule has 0 amide bonds. The highest BCUT2D eigenvalue weighted by molar-refractivity contribution is 6.31. The van der Waals surface area contributed by atoms with Gasteiger partial charge in [-0.1, -0.05) is 29.8 Å². The lowest BCUT2D eigenvalue weighted by molar-refractivity contribution is 0.479. The fourth-order valence-corrected chi connectivity index (χ4v) is 2.18. The Hall–Kier alpha value is -1.32. The second-order valence-corrected chi connectivity index (χ2v) is 4.51. The number of halogens is 1. The summed E-state index contributed by atoms with van der Waals surface area (Å²) in [5.74, 6) is 0.934. The van der Waals surface area contributed by atoms with Gasteiger partial charge in [0.15, 0.2) is 0 Å². The minimum atomic E-state index is 0.163. The lowest BCUT2D eigenvalue weighted by atomic mass is 10.1. The smallest absolute Gasteiger partial charge is 0.122 e. The number of nitrogens with one attached hydrogen (secondary N) is 2. The zero-order chi connectivity index (χ0) is 12.3. The van der Waals surface area contributed by atoms with E-state index in [0.717, 1.165) is 16.4 Å². The second-order valence-electron chi connectivity index (χ2n) is 4.11. The number of hydrogen-bond donors (Lipinski definition) is 2. The van der Waals surface area contributed by atoms with E-state index in [1.807, 2.05) is 30.5 Å². The first-order chi connectivity index (χ1) is 8.18. The first-order valence-electron chi connectivity index (χ1n) is 5.68. The van der Waals surface area contributed by atoms with Crippen molar-refractivity contribution in [3.8, 4) is 0 Å². The van der Waals surface area contributed by atoms with Gasteiger partial charge in [-0.2, -0.15) is 0 Å². The van der Waals surface area contributed by atoms with Gasteiger partial charge in [-0.25, -0.2) is 4.98 Å². The highest BCUT2D eigenvalue weighted by Crippen LogP contribution is 2.24. The van der Waals surface area contributed by atoms with Crippen LogP contribution in [0.25, 0.3) is 0 Å². The summed E-state index contributed by atoms with van der Waals surface area (Å²) in [4.78, 5) is 7.34. The van der Waals surface area contributed by atoms with Crippen molar-refractivity contribution in [2.24, 2.45) is 0 Å². The van der Waals surface area contributed by atoms with Crippen LogP contribution >= 0.6 is 11.6 Å². The molecular formula is C13H16ClN3. The summed E-state index contributed by atoms with van der Waals surface area (Å²) in [5.41, 5.74) is 1.10. The van der Waals surface area contributed by atoms with Gasteiger partial charge in [-0.05, 0) is 25.5 Å². The Bertz CT molecular complexity index is 467. The van der Waals surface area contributed by atoms with Gasteiger partial charge in [0.2, 0.25) is 0 Å². The normalized spacial score (nSPS) is 14.5. The fourth-order valence-electron chi connectivity index (χ4n) is 1.88. The Morgan fingerprint density at radius 3 is 2.65 bits per heavy atom. The number of benzene rings is 1. The van der Waals surface area contributed by atoms with Crippen LogP contribution in [0, 0.1) is 0 Å². The number of H-pyrrole nitrogens is 1. The number of imidazole rings is 1. The van der Waals surface area contributed by atoms with Crippen molar-refractivity contribution in [2.45, 2.75) is 25.9 Å². The van der Waals surface area contributed by atoms with Crippen LogP contribution in [0.2, 0.25) is 5.02 Å².